The molecular formula is C10H11Br2Cl2NO2S. The van der Waals surface area contributed by atoms with Gasteiger partial charge in [0.25, 0.3) is 0 Å². The largest absolute Gasteiger partial charge is 0.245 e. The number of hydrogen-bond donors (Lipinski definition) is 0. The van der Waals surface area contributed by atoms with Crippen molar-refractivity contribution >= 4 is 65.1 Å². The molecule has 0 saturated carbocycles. The topological polar surface area (TPSA) is 37.4 Å². The zero-order chi connectivity index (χ0) is 13.9. The van der Waals surface area contributed by atoms with E-state index in [-0.39, 0.29) is 14.9 Å². The van der Waals surface area contributed by atoms with Crippen LogP contribution in [0.3, 0.4) is 0 Å². The van der Waals surface area contributed by atoms with Crippen LogP contribution < -0.4 is 0 Å². The highest BCUT2D eigenvalue weighted by Gasteiger charge is 2.26. The molecule has 18 heavy (non-hydrogen) atoms. The first kappa shape index (κ1) is 16.7. The molecule has 0 amide bonds. The Hall–Kier alpha value is 0.670. The van der Waals surface area contributed by atoms with Crippen LogP contribution in [-0.4, -0.2) is 31.6 Å². The highest BCUT2D eigenvalue weighted by molar-refractivity contribution is 9.10. The fourth-order valence-electron chi connectivity index (χ4n) is 1.33. The van der Waals surface area contributed by atoms with Gasteiger partial charge in [-0.3, -0.25) is 0 Å². The molecule has 0 spiro atoms. The molecule has 0 aromatic heterocycles. The van der Waals surface area contributed by atoms with E-state index in [1.807, 2.05) is 0 Å². The smallest absolute Gasteiger partial charge is 0.207 e. The van der Waals surface area contributed by atoms with E-state index >= 15 is 0 Å². The SMILES string of the molecule is CN(CCCBr)S(=O)(=O)c1c(Cl)cc(Br)cc1Cl. The van der Waals surface area contributed by atoms with Gasteiger partial charge in [-0.15, -0.1) is 0 Å². The van der Waals surface area contributed by atoms with Crippen LogP contribution in [0.5, 0.6) is 0 Å². The lowest BCUT2D eigenvalue weighted by atomic mass is 10.4. The number of hydrogen-bond acceptors (Lipinski definition) is 2. The molecule has 0 saturated heterocycles. The third-order valence-electron chi connectivity index (χ3n) is 2.24. The van der Waals surface area contributed by atoms with E-state index in [1.54, 1.807) is 0 Å². The normalized spacial score (nSPS) is 12.1. The van der Waals surface area contributed by atoms with Crippen LogP contribution in [0.25, 0.3) is 0 Å². The second-order valence-electron chi connectivity index (χ2n) is 3.57. The maximum atomic E-state index is 12.3. The van der Waals surface area contributed by atoms with Crippen molar-refractivity contribution in [2.24, 2.45) is 0 Å². The van der Waals surface area contributed by atoms with E-state index in [0.717, 1.165) is 5.33 Å². The highest BCUT2D eigenvalue weighted by atomic mass is 79.9. The maximum absolute atomic E-state index is 12.3. The fraction of sp³-hybridized carbons (Fsp3) is 0.400. The second kappa shape index (κ2) is 6.90. The maximum Gasteiger partial charge on any atom is 0.245 e. The lowest BCUT2D eigenvalue weighted by Crippen LogP contribution is -2.28. The molecule has 0 radical (unpaired) electrons. The molecule has 3 nitrogen and oxygen atoms in total. The number of nitrogens with zero attached hydrogens (tertiary/aromatic N) is 1. The van der Waals surface area contributed by atoms with E-state index < -0.39 is 10.0 Å². The van der Waals surface area contributed by atoms with Crippen molar-refractivity contribution < 1.29 is 8.42 Å². The van der Waals surface area contributed by atoms with Crippen molar-refractivity contribution in [3.63, 3.8) is 0 Å². The monoisotopic (exact) mass is 437 g/mol. The van der Waals surface area contributed by atoms with Crippen molar-refractivity contribution in [1.29, 1.82) is 0 Å². The summed E-state index contributed by atoms with van der Waals surface area (Å²) >= 11 is 18.4. The number of sulfonamides is 1. The van der Waals surface area contributed by atoms with Crippen molar-refractivity contribution in [2.75, 3.05) is 18.9 Å². The Labute approximate surface area is 134 Å². The first-order valence-electron chi connectivity index (χ1n) is 4.97. The Morgan fingerprint density at radius 3 is 2.22 bits per heavy atom. The molecule has 102 valence electrons. The number of benzene rings is 1. The van der Waals surface area contributed by atoms with Gasteiger partial charge in [-0.2, -0.15) is 0 Å². The summed E-state index contributed by atoms with van der Waals surface area (Å²) in [5, 5.41) is 0.953. The van der Waals surface area contributed by atoms with Crippen LogP contribution in [0.15, 0.2) is 21.5 Å². The lowest BCUT2D eigenvalue weighted by Gasteiger charge is -2.18. The molecule has 8 heteroatoms. The van der Waals surface area contributed by atoms with Gasteiger partial charge in [0.1, 0.15) is 4.90 Å². The first-order chi connectivity index (χ1) is 8.30. The predicted molar refractivity (Wildman–Crippen MR) is 82.4 cm³/mol. The molecule has 0 aliphatic rings. The summed E-state index contributed by atoms with van der Waals surface area (Å²) in [4.78, 5) is -0.0499. The third kappa shape index (κ3) is 3.84. The van der Waals surface area contributed by atoms with Crippen LogP contribution in [0.2, 0.25) is 10.0 Å². The van der Waals surface area contributed by atoms with Gasteiger partial charge in [0.15, 0.2) is 0 Å². The average Bonchev–Trinajstić information content (AvgIpc) is 2.23. The molecule has 1 aromatic carbocycles. The average molecular weight is 440 g/mol. The van der Waals surface area contributed by atoms with Crippen LogP contribution in [0.1, 0.15) is 6.42 Å². The standard InChI is InChI=1S/C10H11Br2Cl2NO2S/c1-15(4-2-3-11)18(16,17)10-8(13)5-7(12)6-9(10)14/h5-6H,2-4H2,1H3. The summed E-state index contributed by atoms with van der Waals surface area (Å²) < 4.78 is 26.5. The molecule has 0 atom stereocenters. The van der Waals surface area contributed by atoms with Gasteiger partial charge in [-0.05, 0) is 18.6 Å². The zero-order valence-electron chi connectivity index (χ0n) is 9.46. The molecule has 0 heterocycles. The summed E-state index contributed by atoms with van der Waals surface area (Å²) in [6, 6.07) is 3.03. The summed E-state index contributed by atoms with van der Waals surface area (Å²) in [6.45, 7) is 0.399. The third-order valence-corrected chi connectivity index (χ3v) is 6.04. The summed E-state index contributed by atoms with van der Waals surface area (Å²) in [5.41, 5.74) is 0. The van der Waals surface area contributed by atoms with Gasteiger partial charge in [-0.25, -0.2) is 12.7 Å². The van der Waals surface area contributed by atoms with E-state index in [1.165, 1.54) is 23.5 Å². The Morgan fingerprint density at radius 1 is 1.28 bits per heavy atom. The number of alkyl halides is 1. The Bertz CT molecular complexity index is 514. The minimum absolute atomic E-state index is 0.0499. The minimum atomic E-state index is -3.66. The van der Waals surface area contributed by atoms with Crippen molar-refractivity contribution in [3.8, 4) is 0 Å². The van der Waals surface area contributed by atoms with E-state index in [0.29, 0.717) is 17.4 Å². The molecule has 0 bridgehead atoms. The van der Waals surface area contributed by atoms with Crippen LogP contribution in [0, 0.1) is 0 Å². The molecule has 0 aliphatic heterocycles. The number of halogens is 4. The van der Waals surface area contributed by atoms with Crippen LogP contribution >= 0.6 is 55.1 Å². The predicted octanol–water partition coefficient (Wildman–Crippen LogP) is 4.16. The van der Waals surface area contributed by atoms with Crippen molar-refractivity contribution in [1.82, 2.24) is 4.31 Å². The van der Waals surface area contributed by atoms with Gasteiger partial charge in [0, 0.05) is 23.4 Å². The zero-order valence-corrected chi connectivity index (χ0v) is 15.0. The van der Waals surface area contributed by atoms with Gasteiger partial charge in [0.2, 0.25) is 10.0 Å². The van der Waals surface area contributed by atoms with E-state index in [4.69, 9.17) is 23.2 Å². The van der Waals surface area contributed by atoms with Gasteiger partial charge in [-0.1, -0.05) is 55.1 Å². The molecule has 0 N–H and O–H groups in total. The van der Waals surface area contributed by atoms with Crippen molar-refractivity contribution in [2.45, 2.75) is 11.3 Å². The summed E-state index contributed by atoms with van der Waals surface area (Å²) in [6.07, 6.45) is 0.710. The molecule has 1 aromatic rings. The summed E-state index contributed by atoms with van der Waals surface area (Å²) in [5.74, 6) is 0. The van der Waals surface area contributed by atoms with E-state index in [2.05, 4.69) is 31.9 Å². The fourth-order valence-corrected chi connectivity index (χ4v) is 4.67. The van der Waals surface area contributed by atoms with Crippen LogP contribution in [0.4, 0.5) is 0 Å². The molecule has 0 aliphatic carbocycles. The second-order valence-corrected chi connectivity index (χ2v) is 8.07. The Kier molecular flexibility index (Phi) is 6.41. The number of rotatable bonds is 5. The molecule has 1 rings (SSSR count). The first-order valence-corrected chi connectivity index (χ1v) is 9.08. The van der Waals surface area contributed by atoms with Gasteiger partial charge < -0.3 is 0 Å². The highest BCUT2D eigenvalue weighted by Crippen LogP contribution is 2.34. The van der Waals surface area contributed by atoms with E-state index in [9.17, 15) is 8.42 Å². The molecular weight excluding hydrogens is 429 g/mol. The quantitative estimate of drug-likeness (QED) is 0.646. The van der Waals surface area contributed by atoms with Crippen molar-refractivity contribution in [3.05, 3.63) is 26.7 Å². The minimum Gasteiger partial charge on any atom is -0.207 e. The molecule has 0 fully saturated rings. The van der Waals surface area contributed by atoms with Gasteiger partial charge >= 0.3 is 0 Å². The lowest BCUT2D eigenvalue weighted by molar-refractivity contribution is 0.470. The van der Waals surface area contributed by atoms with Crippen LogP contribution in [-0.2, 0) is 10.0 Å². The summed E-state index contributed by atoms with van der Waals surface area (Å²) in [7, 11) is -2.15. The van der Waals surface area contributed by atoms with Gasteiger partial charge in [0.05, 0.1) is 10.0 Å². The Morgan fingerprint density at radius 2 is 1.78 bits per heavy atom. The Balaban J connectivity index is 3.20. The molecule has 0 unspecified atom stereocenters.